The van der Waals surface area contributed by atoms with E-state index in [2.05, 4.69) is 0 Å². The molecule has 3 heterocycles. The smallest absolute Gasteiger partial charge is 0.235 e. The van der Waals surface area contributed by atoms with Crippen LogP contribution in [0.3, 0.4) is 0 Å². The number of carbonyl (C=O) groups excluding carboxylic acids is 1. The molecule has 10 atom stereocenters. The number of fused-ring (bicyclic) bond motifs is 1. The number of Topliss-reactive ketones (excluding diaryl/α,β-unsaturated/α-hetero) is 1. The van der Waals surface area contributed by atoms with Gasteiger partial charge in [0.25, 0.3) is 0 Å². The van der Waals surface area contributed by atoms with Gasteiger partial charge in [-0.05, 0) is 30.7 Å². The van der Waals surface area contributed by atoms with Gasteiger partial charge in [-0.25, -0.2) is 0 Å². The van der Waals surface area contributed by atoms with Crippen molar-refractivity contribution in [3.05, 3.63) is 53.3 Å². The Morgan fingerprint density at radius 2 is 1.46 bits per heavy atom. The van der Waals surface area contributed by atoms with Crippen LogP contribution in [0.5, 0.6) is 23.0 Å². The average Bonchev–Trinajstić information content (AvgIpc) is 3.25. The number of ether oxygens (including phenoxy) is 5. The van der Waals surface area contributed by atoms with Gasteiger partial charge in [-0.1, -0.05) is 12.1 Å². The molecule has 5 rings (SSSR count). The molecule has 0 aromatic heterocycles. The first-order valence-corrected chi connectivity index (χ1v) is 12.7. The zero-order valence-electron chi connectivity index (χ0n) is 21.5. The standard InChI is InChI=1S/C27H30O14/c1-10-19(30)22(33)24(35)26(38-10)37-9-17-21(32)23(34)25(36)27(41-17)40-15-8-13(29)7-14-18(15)20(31)16(39-14)6-11-2-4-12(28)5-3-11/h2-8,10,17,19,21-30,32-36H,9H2,1H3/b16-6+/t10-,17+,19-,21+,22+,23-,24-,25+,26+,27+/m0/s1. The highest BCUT2D eigenvalue weighted by Crippen LogP contribution is 2.42. The van der Waals surface area contributed by atoms with E-state index in [4.69, 9.17) is 23.7 Å². The fourth-order valence-corrected chi connectivity index (χ4v) is 4.70. The predicted octanol–water partition coefficient (Wildman–Crippen LogP) is -1.26. The molecule has 0 spiro atoms. The molecule has 2 fully saturated rings. The molecule has 2 aromatic carbocycles. The van der Waals surface area contributed by atoms with Crippen molar-refractivity contribution in [2.45, 2.75) is 68.3 Å². The van der Waals surface area contributed by atoms with E-state index in [0.29, 0.717) is 5.56 Å². The number of phenols is 2. The van der Waals surface area contributed by atoms with Gasteiger partial charge >= 0.3 is 0 Å². The number of aliphatic hydroxyl groups is 6. The third kappa shape index (κ3) is 5.74. The molecular weight excluding hydrogens is 548 g/mol. The van der Waals surface area contributed by atoms with Crippen LogP contribution >= 0.6 is 0 Å². The second-order valence-electron chi connectivity index (χ2n) is 10.00. The van der Waals surface area contributed by atoms with Crippen molar-refractivity contribution < 1.29 is 69.3 Å². The minimum Gasteiger partial charge on any atom is -0.508 e. The van der Waals surface area contributed by atoms with Gasteiger partial charge in [0.05, 0.1) is 12.7 Å². The van der Waals surface area contributed by atoms with Crippen molar-refractivity contribution in [1.82, 2.24) is 0 Å². The van der Waals surface area contributed by atoms with Crippen LogP contribution in [-0.2, 0) is 14.2 Å². The topological polar surface area (TPSA) is 225 Å². The lowest BCUT2D eigenvalue weighted by Gasteiger charge is -2.42. The summed E-state index contributed by atoms with van der Waals surface area (Å²) >= 11 is 0. The number of rotatable bonds is 6. The predicted molar refractivity (Wildman–Crippen MR) is 135 cm³/mol. The molecule has 0 saturated carbocycles. The first-order chi connectivity index (χ1) is 19.4. The number of phenolic OH excluding ortho intramolecular Hbond substituents is 2. The summed E-state index contributed by atoms with van der Waals surface area (Å²) in [5.41, 5.74) is 0.442. The molecule has 0 bridgehead atoms. The lowest BCUT2D eigenvalue weighted by atomic mass is 9.98. The van der Waals surface area contributed by atoms with Crippen molar-refractivity contribution in [2.75, 3.05) is 6.61 Å². The summed E-state index contributed by atoms with van der Waals surface area (Å²) in [5, 5.41) is 81.2. The monoisotopic (exact) mass is 578 g/mol. The Kier molecular flexibility index (Phi) is 8.20. The summed E-state index contributed by atoms with van der Waals surface area (Å²) in [6.07, 6.45) is -13.7. The van der Waals surface area contributed by atoms with Crippen LogP contribution in [0.2, 0.25) is 0 Å². The zero-order valence-corrected chi connectivity index (χ0v) is 21.5. The second kappa shape index (κ2) is 11.5. The van der Waals surface area contributed by atoms with Gasteiger partial charge in [0.1, 0.15) is 71.3 Å². The first-order valence-electron chi connectivity index (χ1n) is 12.7. The summed E-state index contributed by atoms with van der Waals surface area (Å²) in [7, 11) is 0. The van der Waals surface area contributed by atoms with Crippen molar-refractivity contribution in [3.8, 4) is 23.0 Å². The quantitative estimate of drug-likeness (QED) is 0.187. The molecule has 222 valence electrons. The Labute approximate surface area is 232 Å². The van der Waals surface area contributed by atoms with E-state index in [1.54, 1.807) is 12.1 Å². The van der Waals surface area contributed by atoms with Crippen molar-refractivity contribution in [1.29, 1.82) is 0 Å². The maximum Gasteiger partial charge on any atom is 0.235 e. The number of aromatic hydroxyl groups is 2. The third-order valence-electron chi connectivity index (χ3n) is 7.06. The van der Waals surface area contributed by atoms with E-state index in [1.165, 1.54) is 31.2 Å². The molecule has 14 heteroatoms. The van der Waals surface area contributed by atoms with E-state index in [1.807, 2.05) is 0 Å². The van der Waals surface area contributed by atoms with Crippen LogP contribution in [0.25, 0.3) is 6.08 Å². The van der Waals surface area contributed by atoms with Crippen molar-refractivity contribution >= 4 is 11.9 Å². The molecule has 3 aliphatic heterocycles. The Morgan fingerprint density at radius 1 is 0.805 bits per heavy atom. The number of aliphatic hydroxyl groups excluding tert-OH is 6. The molecule has 14 nitrogen and oxygen atoms in total. The first kappa shape index (κ1) is 29.2. The molecule has 8 N–H and O–H groups in total. The normalized spacial score (nSPS) is 36.2. The summed E-state index contributed by atoms with van der Waals surface area (Å²) in [4.78, 5) is 13.2. The second-order valence-corrected chi connectivity index (χ2v) is 10.00. The van der Waals surface area contributed by atoms with Gasteiger partial charge in [-0.3, -0.25) is 4.79 Å². The molecule has 2 saturated heterocycles. The Balaban J connectivity index is 1.33. The molecule has 0 amide bonds. The Bertz CT molecular complexity index is 1300. The highest BCUT2D eigenvalue weighted by Gasteiger charge is 2.48. The maximum absolute atomic E-state index is 13.2. The molecule has 41 heavy (non-hydrogen) atoms. The van der Waals surface area contributed by atoms with Gasteiger partial charge in [0.2, 0.25) is 12.1 Å². The number of benzene rings is 2. The van der Waals surface area contributed by atoms with Crippen LogP contribution in [0.15, 0.2) is 42.2 Å². The molecule has 3 aliphatic rings. The fraction of sp³-hybridized carbons (Fsp3) is 0.444. The van der Waals surface area contributed by atoms with Crippen LogP contribution in [0.4, 0.5) is 0 Å². The van der Waals surface area contributed by atoms with Crippen LogP contribution in [-0.4, -0.2) is 115 Å². The Hall–Kier alpha value is -3.31. The molecule has 0 aliphatic carbocycles. The highest BCUT2D eigenvalue weighted by molar-refractivity contribution is 6.16. The van der Waals surface area contributed by atoms with Crippen molar-refractivity contribution in [2.24, 2.45) is 0 Å². The highest BCUT2D eigenvalue weighted by atomic mass is 16.7. The van der Waals surface area contributed by atoms with Gasteiger partial charge in [-0.15, -0.1) is 0 Å². The maximum atomic E-state index is 13.2. The van der Waals surface area contributed by atoms with Crippen LogP contribution in [0.1, 0.15) is 22.8 Å². The van der Waals surface area contributed by atoms with Gasteiger partial charge in [-0.2, -0.15) is 0 Å². The van der Waals surface area contributed by atoms with E-state index in [9.17, 15) is 45.6 Å². The molecule has 2 aromatic rings. The number of allylic oxidation sites excluding steroid dienone is 1. The largest absolute Gasteiger partial charge is 0.508 e. The zero-order chi connectivity index (χ0) is 29.6. The van der Waals surface area contributed by atoms with Gasteiger partial charge in [0, 0.05) is 12.1 Å². The number of carbonyl (C=O) groups is 1. The van der Waals surface area contributed by atoms with E-state index >= 15 is 0 Å². The van der Waals surface area contributed by atoms with E-state index < -0.39 is 73.8 Å². The lowest BCUT2D eigenvalue weighted by Crippen LogP contribution is -2.61. The average molecular weight is 579 g/mol. The molecule has 0 unspecified atom stereocenters. The lowest BCUT2D eigenvalue weighted by molar-refractivity contribution is -0.318. The molecular formula is C27H30O14. The van der Waals surface area contributed by atoms with Crippen LogP contribution < -0.4 is 9.47 Å². The molecule has 0 radical (unpaired) electrons. The Morgan fingerprint density at radius 3 is 2.17 bits per heavy atom. The van der Waals surface area contributed by atoms with Crippen molar-refractivity contribution in [3.63, 3.8) is 0 Å². The fourth-order valence-electron chi connectivity index (χ4n) is 4.70. The summed E-state index contributed by atoms with van der Waals surface area (Å²) < 4.78 is 27.8. The van der Waals surface area contributed by atoms with Gasteiger partial charge in [0.15, 0.2) is 12.0 Å². The van der Waals surface area contributed by atoms with E-state index in [0.717, 1.165) is 6.07 Å². The van der Waals surface area contributed by atoms with Gasteiger partial charge < -0.3 is 64.5 Å². The number of ketones is 1. The summed E-state index contributed by atoms with van der Waals surface area (Å²) in [6.45, 7) is 0.942. The number of hydrogen-bond acceptors (Lipinski definition) is 14. The minimum absolute atomic E-state index is 0.0326. The summed E-state index contributed by atoms with van der Waals surface area (Å²) in [6, 6.07) is 8.23. The minimum atomic E-state index is -1.81. The third-order valence-corrected chi connectivity index (χ3v) is 7.06. The number of hydrogen-bond donors (Lipinski definition) is 8. The van der Waals surface area contributed by atoms with Crippen LogP contribution in [0, 0.1) is 0 Å². The van der Waals surface area contributed by atoms with E-state index in [-0.39, 0.29) is 34.3 Å². The summed E-state index contributed by atoms with van der Waals surface area (Å²) in [5.74, 6) is -1.33. The SMILES string of the molecule is C[C@@H]1O[C@@H](OC[C@H]2O[C@@H](Oc3cc(O)cc4c3C(=O)/C(=C\c3ccc(O)cc3)O4)[C@H](O)[C@@H](O)[C@@H]2O)[C@@H](O)[C@H](O)[C@H]1O.